The zero-order valence-corrected chi connectivity index (χ0v) is 18.0. The van der Waals surface area contributed by atoms with E-state index >= 15 is 0 Å². The van der Waals surface area contributed by atoms with Crippen LogP contribution in [0.1, 0.15) is 5.56 Å². The van der Waals surface area contributed by atoms with E-state index in [1.807, 2.05) is 0 Å². The molecule has 0 aliphatic heterocycles. The van der Waals surface area contributed by atoms with E-state index in [0.29, 0.717) is 17.3 Å². The Kier molecular flexibility index (Phi) is 5.82. The minimum Gasteiger partial charge on any atom is -0.493 e. The second-order valence-electron chi connectivity index (χ2n) is 6.58. The number of halogens is 1. The number of nitrogens with zero attached hydrogens (tertiary/aromatic N) is 3. The molecule has 32 heavy (non-hydrogen) atoms. The molecule has 0 aliphatic carbocycles. The molecule has 4 aromatic rings. The van der Waals surface area contributed by atoms with Gasteiger partial charge in [-0.25, -0.2) is 4.39 Å². The van der Waals surface area contributed by atoms with Crippen LogP contribution in [0, 0.1) is 5.82 Å². The Morgan fingerprint density at radius 2 is 1.81 bits per heavy atom. The van der Waals surface area contributed by atoms with Gasteiger partial charge in [-0.15, -0.1) is 9.19 Å². The lowest BCUT2D eigenvalue weighted by Crippen LogP contribution is -2.18. The van der Waals surface area contributed by atoms with Crippen molar-refractivity contribution in [2.24, 2.45) is 0 Å². The van der Waals surface area contributed by atoms with Crippen LogP contribution in [-0.4, -0.2) is 36.8 Å². The van der Waals surface area contributed by atoms with Crippen LogP contribution >= 0.6 is 0 Å². The van der Waals surface area contributed by atoms with Gasteiger partial charge >= 0.3 is 0 Å². The summed E-state index contributed by atoms with van der Waals surface area (Å²) in [5.74, 6) is 0.894. The summed E-state index contributed by atoms with van der Waals surface area (Å²) in [6.07, 6.45) is 1.43. The van der Waals surface area contributed by atoms with Gasteiger partial charge in [-0.05, 0) is 54.1 Å². The number of ether oxygens (including phenoxy) is 2. The summed E-state index contributed by atoms with van der Waals surface area (Å²) in [5, 5.41) is 7.11. The van der Waals surface area contributed by atoms with Crippen LogP contribution in [0.2, 0.25) is 0 Å². The Balaban J connectivity index is 1.70. The van der Waals surface area contributed by atoms with Crippen LogP contribution in [-0.2, 0) is 16.6 Å². The first kappa shape index (κ1) is 21.4. The second kappa shape index (κ2) is 8.71. The van der Waals surface area contributed by atoms with Gasteiger partial charge in [0.2, 0.25) is 11.8 Å². The van der Waals surface area contributed by atoms with Gasteiger partial charge in [-0.1, -0.05) is 6.07 Å². The summed E-state index contributed by atoms with van der Waals surface area (Å²) in [5.41, 5.74) is 0.788. The first-order valence-electron chi connectivity index (χ1n) is 9.39. The fourth-order valence-electron chi connectivity index (χ4n) is 2.96. The zero-order chi connectivity index (χ0) is 22.7. The van der Waals surface area contributed by atoms with Crippen LogP contribution in [0.3, 0.4) is 0 Å². The Morgan fingerprint density at radius 1 is 1.06 bits per heavy atom. The molecule has 2 aromatic carbocycles. The fourth-order valence-corrected chi connectivity index (χ4v) is 4.16. The van der Waals surface area contributed by atoms with Crippen molar-refractivity contribution in [3.8, 4) is 23.1 Å². The first-order chi connectivity index (χ1) is 15.4. The van der Waals surface area contributed by atoms with Gasteiger partial charge in [0.1, 0.15) is 5.82 Å². The van der Waals surface area contributed by atoms with Gasteiger partial charge in [0.15, 0.2) is 17.3 Å². The molecule has 0 aliphatic rings. The minimum absolute atomic E-state index is 0.0319. The SMILES string of the molecule is COc1ccc(CNc2nc(-c3ccco3)nn2S(=O)(=O)c2ccc(F)cc2)cc1OC. The molecule has 0 radical (unpaired) electrons. The topological polar surface area (TPSA) is 108 Å². The van der Waals surface area contributed by atoms with E-state index in [1.54, 1.807) is 30.3 Å². The van der Waals surface area contributed by atoms with E-state index in [2.05, 4.69) is 15.4 Å². The summed E-state index contributed by atoms with van der Waals surface area (Å²) in [7, 11) is -1.10. The number of anilines is 1. The third kappa shape index (κ3) is 4.14. The number of methoxy groups -OCH3 is 2. The quantitative estimate of drug-likeness (QED) is 0.427. The van der Waals surface area contributed by atoms with E-state index < -0.39 is 15.8 Å². The Bertz CT molecular complexity index is 1320. The van der Waals surface area contributed by atoms with Crippen LogP contribution in [0.5, 0.6) is 11.5 Å². The molecule has 0 saturated carbocycles. The average Bonchev–Trinajstić information content (AvgIpc) is 3.48. The molecule has 4 rings (SSSR count). The smallest absolute Gasteiger partial charge is 0.286 e. The van der Waals surface area contributed by atoms with E-state index in [9.17, 15) is 12.8 Å². The molecule has 1 N–H and O–H groups in total. The van der Waals surface area contributed by atoms with E-state index in [1.165, 1.54) is 20.5 Å². The van der Waals surface area contributed by atoms with Crippen LogP contribution in [0.4, 0.5) is 10.3 Å². The van der Waals surface area contributed by atoms with E-state index in [4.69, 9.17) is 13.9 Å². The zero-order valence-electron chi connectivity index (χ0n) is 17.1. The second-order valence-corrected chi connectivity index (χ2v) is 8.35. The molecule has 166 valence electrons. The maximum absolute atomic E-state index is 13.3. The summed E-state index contributed by atoms with van der Waals surface area (Å²) in [4.78, 5) is 4.16. The van der Waals surface area contributed by atoms with Gasteiger partial charge in [0.25, 0.3) is 10.0 Å². The molecular weight excluding hydrogens is 439 g/mol. The predicted octanol–water partition coefficient (Wildman–Crippen LogP) is 3.54. The molecule has 0 spiro atoms. The van der Waals surface area contributed by atoms with Crippen molar-refractivity contribution >= 4 is 16.0 Å². The molecule has 11 heteroatoms. The molecule has 0 fully saturated rings. The summed E-state index contributed by atoms with van der Waals surface area (Å²) < 4.78 is 56.2. The summed E-state index contributed by atoms with van der Waals surface area (Å²) in [6.45, 7) is 0.218. The molecular formula is C21H19FN4O5S. The molecule has 2 heterocycles. The standard InChI is InChI=1S/C21H19FN4O5S/c1-29-17-10-5-14(12-19(17)30-2)13-23-21-24-20(18-4-3-11-31-18)25-26(21)32(27,28)16-8-6-15(22)7-9-16/h3-12H,13H2,1-2H3,(H,23,24,25). The Morgan fingerprint density at radius 3 is 2.47 bits per heavy atom. The maximum Gasteiger partial charge on any atom is 0.286 e. The number of nitrogens with one attached hydrogen (secondary N) is 1. The largest absolute Gasteiger partial charge is 0.493 e. The number of hydrogen-bond donors (Lipinski definition) is 1. The van der Waals surface area contributed by atoms with Crippen LogP contribution in [0.25, 0.3) is 11.6 Å². The van der Waals surface area contributed by atoms with Crippen molar-refractivity contribution in [1.29, 1.82) is 0 Å². The first-order valence-corrected chi connectivity index (χ1v) is 10.8. The van der Waals surface area contributed by atoms with Gasteiger partial charge in [-0.2, -0.15) is 13.4 Å². The van der Waals surface area contributed by atoms with Gasteiger partial charge in [-0.3, -0.25) is 0 Å². The van der Waals surface area contributed by atoms with E-state index in [0.717, 1.165) is 33.9 Å². The fraction of sp³-hybridized carbons (Fsp3) is 0.143. The normalized spacial score (nSPS) is 11.3. The lowest BCUT2D eigenvalue weighted by Gasteiger charge is -2.11. The lowest BCUT2D eigenvalue weighted by molar-refractivity contribution is 0.354. The lowest BCUT2D eigenvalue weighted by atomic mass is 10.2. The van der Waals surface area contributed by atoms with E-state index in [-0.39, 0.29) is 23.2 Å². The summed E-state index contributed by atoms with van der Waals surface area (Å²) in [6, 6.07) is 13.0. The molecule has 0 unspecified atom stereocenters. The third-order valence-electron chi connectivity index (χ3n) is 4.56. The van der Waals surface area contributed by atoms with Crippen LogP contribution in [0.15, 0.2) is 70.2 Å². The number of benzene rings is 2. The predicted molar refractivity (Wildman–Crippen MR) is 114 cm³/mol. The maximum atomic E-state index is 13.3. The summed E-state index contributed by atoms with van der Waals surface area (Å²) >= 11 is 0. The Labute approximate surface area is 183 Å². The van der Waals surface area contributed by atoms with Crippen molar-refractivity contribution in [3.63, 3.8) is 0 Å². The highest BCUT2D eigenvalue weighted by Gasteiger charge is 2.25. The number of aromatic nitrogens is 3. The molecule has 0 saturated heterocycles. The highest BCUT2D eigenvalue weighted by molar-refractivity contribution is 7.90. The van der Waals surface area contributed by atoms with Crippen molar-refractivity contribution in [1.82, 2.24) is 14.2 Å². The molecule has 0 bridgehead atoms. The van der Waals surface area contributed by atoms with Crippen molar-refractivity contribution in [2.45, 2.75) is 11.4 Å². The van der Waals surface area contributed by atoms with Gasteiger partial charge in [0, 0.05) is 6.54 Å². The number of hydrogen-bond acceptors (Lipinski definition) is 8. The Hall–Kier alpha value is -3.86. The van der Waals surface area contributed by atoms with Crippen molar-refractivity contribution < 1.29 is 26.7 Å². The molecule has 2 aromatic heterocycles. The molecule has 0 atom stereocenters. The van der Waals surface area contributed by atoms with Crippen molar-refractivity contribution in [2.75, 3.05) is 19.5 Å². The van der Waals surface area contributed by atoms with Crippen LogP contribution < -0.4 is 14.8 Å². The van der Waals surface area contributed by atoms with Gasteiger partial charge in [0.05, 0.1) is 25.4 Å². The highest BCUT2D eigenvalue weighted by atomic mass is 32.2. The highest BCUT2D eigenvalue weighted by Crippen LogP contribution is 2.28. The average molecular weight is 458 g/mol. The molecule has 0 amide bonds. The molecule has 9 nitrogen and oxygen atoms in total. The third-order valence-corrected chi connectivity index (χ3v) is 6.14. The monoisotopic (exact) mass is 458 g/mol. The number of rotatable bonds is 8. The van der Waals surface area contributed by atoms with Gasteiger partial charge < -0.3 is 19.2 Å². The minimum atomic E-state index is -4.16. The van der Waals surface area contributed by atoms with Crippen molar-refractivity contribution in [3.05, 3.63) is 72.2 Å². The number of furan rings is 1.